The fourth-order valence-electron chi connectivity index (χ4n) is 4.50. The molecule has 5 rings (SSSR count). The smallest absolute Gasteiger partial charge is 0.243 e. The second-order valence-electron chi connectivity index (χ2n) is 8.87. The Labute approximate surface area is 219 Å². The lowest BCUT2D eigenvalue weighted by Crippen LogP contribution is -2.46. The number of thiazole rings is 1. The highest BCUT2D eigenvalue weighted by Gasteiger charge is 2.36. The molecule has 0 aliphatic carbocycles. The molecule has 3 aromatic carbocycles. The van der Waals surface area contributed by atoms with E-state index >= 15 is 0 Å². The van der Waals surface area contributed by atoms with Crippen LogP contribution in [0.2, 0.25) is 0 Å². The first-order valence-corrected chi connectivity index (χ1v) is 14.2. The minimum Gasteiger partial charge on any atom is -0.497 e. The van der Waals surface area contributed by atoms with Gasteiger partial charge in [0, 0.05) is 13.1 Å². The minimum absolute atomic E-state index is 0.0672. The van der Waals surface area contributed by atoms with Gasteiger partial charge in [-0.3, -0.25) is 9.69 Å². The molecular weight excluding hydrogens is 513 g/mol. The second-order valence-corrected chi connectivity index (χ2v) is 11.8. The number of aromatic nitrogens is 1. The van der Waals surface area contributed by atoms with Gasteiger partial charge in [0.25, 0.3) is 0 Å². The highest BCUT2D eigenvalue weighted by molar-refractivity contribution is 7.89. The number of carbonyl (C=O) groups is 1. The Morgan fingerprint density at radius 3 is 2.57 bits per heavy atom. The lowest BCUT2D eigenvalue weighted by Gasteiger charge is -2.33. The monoisotopic (exact) mass is 539 g/mol. The predicted molar refractivity (Wildman–Crippen MR) is 142 cm³/mol. The molecule has 0 spiro atoms. The Morgan fingerprint density at radius 2 is 1.86 bits per heavy atom. The van der Waals surface area contributed by atoms with E-state index in [0.29, 0.717) is 35.0 Å². The quantitative estimate of drug-likeness (QED) is 0.327. The van der Waals surface area contributed by atoms with Gasteiger partial charge in [0.1, 0.15) is 17.1 Å². The average molecular weight is 540 g/mol. The van der Waals surface area contributed by atoms with Crippen molar-refractivity contribution in [3.8, 4) is 5.75 Å². The molecule has 2 heterocycles. The first-order valence-electron chi connectivity index (χ1n) is 11.9. The third-order valence-electron chi connectivity index (χ3n) is 6.47. The molecule has 1 aliphatic heterocycles. The Balaban J connectivity index is 1.44. The van der Waals surface area contributed by atoms with Crippen molar-refractivity contribution in [3.05, 3.63) is 84.2 Å². The van der Waals surface area contributed by atoms with Gasteiger partial charge in [0.05, 0.1) is 29.2 Å². The summed E-state index contributed by atoms with van der Waals surface area (Å²) in [7, 11) is -2.27. The Kier molecular flexibility index (Phi) is 7.23. The zero-order chi connectivity index (χ0) is 26.0. The molecule has 1 fully saturated rings. The van der Waals surface area contributed by atoms with E-state index in [1.807, 2.05) is 30.3 Å². The summed E-state index contributed by atoms with van der Waals surface area (Å²) in [6.07, 6.45) is 1.11. The van der Waals surface area contributed by atoms with Crippen molar-refractivity contribution in [3.63, 3.8) is 0 Å². The second kappa shape index (κ2) is 10.6. The van der Waals surface area contributed by atoms with Gasteiger partial charge in [0.15, 0.2) is 5.13 Å². The number of ether oxygens (including phenoxy) is 1. The lowest BCUT2D eigenvalue weighted by molar-refractivity contribution is -0.123. The molecule has 1 amide bonds. The van der Waals surface area contributed by atoms with Gasteiger partial charge in [-0.05, 0) is 54.8 Å². The SMILES string of the molecule is COc1ccc(S(=O)(=O)N2CCCC(C(=O)N(Cc3ccccc3)c3nc4c(F)cccc4s3)C2)cc1. The van der Waals surface area contributed by atoms with Crippen LogP contribution in [0.25, 0.3) is 10.2 Å². The van der Waals surface area contributed by atoms with Crippen molar-refractivity contribution in [1.29, 1.82) is 0 Å². The predicted octanol–water partition coefficient (Wildman–Crippen LogP) is 5.08. The Morgan fingerprint density at radius 1 is 1.11 bits per heavy atom. The van der Waals surface area contributed by atoms with Crippen molar-refractivity contribution in [1.82, 2.24) is 9.29 Å². The van der Waals surface area contributed by atoms with Gasteiger partial charge in [-0.25, -0.2) is 17.8 Å². The van der Waals surface area contributed by atoms with Crippen LogP contribution in [0.3, 0.4) is 0 Å². The largest absolute Gasteiger partial charge is 0.497 e. The molecular formula is C27H26FN3O4S2. The number of para-hydroxylation sites is 1. The number of amides is 1. The van der Waals surface area contributed by atoms with Gasteiger partial charge in [-0.2, -0.15) is 4.31 Å². The zero-order valence-corrected chi connectivity index (χ0v) is 21.8. The highest BCUT2D eigenvalue weighted by Crippen LogP contribution is 2.34. The molecule has 0 saturated carbocycles. The number of hydrogen-bond donors (Lipinski definition) is 0. The van der Waals surface area contributed by atoms with Crippen molar-refractivity contribution in [2.45, 2.75) is 24.3 Å². The number of hydrogen-bond acceptors (Lipinski definition) is 6. The van der Waals surface area contributed by atoms with Crippen LogP contribution in [0.5, 0.6) is 5.75 Å². The summed E-state index contributed by atoms with van der Waals surface area (Å²) in [5.41, 5.74) is 1.12. The van der Waals surface area contributed by atoms with Crippen molar-refractivity contribution in [2.24, 2.45) is 5.92 Å². The number of anilines is 1. The van der Waals surface area contributed by atoms with Crippen molar-refractivity contribution in [2.75, 3.05) is 25.1 Å². The Hall–Kier alpha value is -3.34. The maximum absolute atomic E-state index is 14.4. The van der Waals surface area contributed by atoms with Gasteiger partial charge in [-0.15, -0.1) is 0 Å². The van der Waals surface area contributed by atoms with E-state index in [4.69, 9.17) is 4.74 Å². The van der Waals surface area contributed by atoms with E-state index in [2.05, 4.69) is 4.98 Å². The molecule has 1 unspecified atom stereocenters. The summed E-state index contributed by atoms with van der Waals surface area (Å²) in [6.45, 7) is 0.657. The zero-order valence-electron chi connectivity index (χ0n) is 20.2. The van der Waals surface area contributed by atoms with Crippen LogP contribution in [0.1, 0.15) is 18.4 Å². The molecule has 1 atom stereocenters. The molecule has 1 aliphatic rings. The lowest BCUT2D eigenvalue weighted by atomic mass is 9.98. The van der Waals surface area contributed by atoms with Crippen molar-refractivity contribution < 1.29 is 22.3 Å². The molecule has 7 nitrogen and oxygen atoms in total. The van der Waals surface area contributed by atoms with Gasteiger partial charge >= 0.3 is 0 Å². The van der Waals surface area contributed by atoms with Crippen LogP contribution in [0, 0.1) is 11.7 Å². The highest BCUT2D eigenvalue weighted by atomic mass is 32.2. The molecule has 10 heteroatoms. The number of fused-ring (bicyclic) bond motifs is 1. The molecule has 4 aromatic rings. The number of sulfonamides is 1. The van der Waals surface area contributed by atoms with Crippen LogP contribution in [0.15, 0.2) is 77.7 Å². The molecule has 0 radical (unpaired) electrons. The van der Waals surface area contributed by atoms with Crippen LogP contribution >= 0.6 is 11.3 Å². The van der Waals surface area contributed by atoms with Crippen molar-refractivity contribution >= 4 is 42.6 Å². The van der Waals surface area contributed by atoms with E-state index in [1.165, 1.54) is 41.0 Å². The molecule has 1 aromatic heterocycles. The standard InChI is InChI=1S/C27H26FN3O4S2/c1-35-21-12-14-22(15-13-21)37(33,34)30-16-6-9-20(18-30)26(32)31(17-19-7-3-2-4-8-19)27-29-25-23(28)10-5-11-24(25)36-27/h2-5,7-8,10-15,20H,6,9,16-18H2,1H3. The maximum atomic E-state index is 14.4. The summed E-state index contributed by atoms with van der Waals surface area (Å²) in [5.74, 6) is -0.656. The fraction of sp³-hybridized carbons (Fsp3) is 0.259. The van der Waals surface area contributed by atoms with E-state index in [-0.39, 0.29) is 29.4 Å². The summed E-state index contributed by atoms with van der Waals surface area (Å²) in [5, 5.41) is 0.393. The average Bonchev–Trinajstić information content (AvgIpc) is 3.37. The minimum atomic E-state index is -3.78. The number of halogens is 1. The molecule has 1 saturated heterocycles. The maximum Gasteiger partial charge on any atom is 0.243 e. The van der Waals surface area contributed by atoms with E-state index in [9.17, 15) is 17.6 Å². The number of carbonyl (C=O) groups excluding carboxylic acids is 1. The van der Waals surface area contributed by atoms with E-state index in [1.54, 1.807) is 29.2 Å². The normalized spacial score (nSPS) is 16.5. The number of methoxy groups -OCH3 is 1. The third kappa shape index (κ3) is 5.22. The summed E-state index contributed by atoms with van der Waals surface area (Å²) in [6, 6.07) is 20.5. The summed E-state index contributed by atoms with van der Waals surface area (Å²) >= 11 is 1.25. The summed E-state index contributed by atoms with van der Waals surface area (Å²) in [4.78, 5) is 20.1. The van der Waals surface area contributed by atoms with Gasteiger partial charge < -0.3 is 4.74 Å². The number of piperidine rings is 1. The first kappa shape index (κ1) is 25.3. The number of rotatable bonds is 7. The molecule has 0 bridgehead atoms. The van der Waals surface area contributed by atoms with Crippen LogP contribution in [0.4, 0.5) is 9.52 Å². The number of nitrogens with zero attached hydrogens (tertiary/aromatic N) is 3. The first-order chi connectivity index (χ1) is 17.9. The molecule has 192 valence electrons. The Bertz CT molecular complexity index is 1510. The van der Waals surface area contributed by atoms with E-state index in [0.717, 1.165) is 5.56 Å². The van der Waals surface area contributed by atoms with Gasteiger partial charge in [-0.1, -0.05) is 47.7 Å². The van der Waals surface area contributed by atoms with E-state index < -0.39 is 21.8 Å². The van der Waals surface area contributed by atoms with Crippen LogP contribution in [-0.2, 0) is 21.4 Å². The number of benzene rings is 3. The van der Waals surface area contributed by atoms with Gasteiger partial charge in [0.2, 0.25) is 15.9 Å². The topological polar surface area (TPSA) is 79.8 Å². The molecule has 37 heavy (non-hydrogen) atoms. The summed E-state index contributed by atoms with van der Waals surface area (Å²) < 4.78 is 48.3. The molecule has 0 N–H and O–H groups in total. The fourth-order valence-corrected chi connectivity index (χ4v) is 7.01. The third-order valence-corrected chi connectivity index (χ3v) is 9.39. The van der Waals surface area contributed by atoms with Crippen LogP contribution in [-0.4, -0.2) is 43.8 Å². The van der Waals surface area contributed by atoms with Crippen LogP contribution < -0.4 is 9.64 Å².